The molecule has 1 aliphatic carbocycles. The van der Waals surface area contributed by atoms with Gasteiger partial charge in [-0.1, -0.05) is 49.6 Å². The number of rotatable bonds is 0. The van der Waals surface area contributed by atoms with Crippen LogP contribution in [0.5, 0.6) is 0 Å². The smallest absolute Gasteiger partial charge is 0.0163 e. The summed E-state index contributed by atoms with van der Waals surface area (Å²) < 4.78 is 0. The molecule has 0 aromatic carbocycles. The van der Waals surface area contributed by atoms with Crippen LogP contribution in [0.4, 0.5) is 0 Å². The highest BCUT2D eigenvalue weighted by Gasteiger charge is 1.90. The summed E-state index contributed by atoms with van der Waals surface area (Å²) in [5.74, 6) is 0. The summed E-state index contributed by atoms with van der Waals surface area (Å²) in [4.78, 5) is 0. The Labute approximate surface area is 67.9 Å². The average molecular weight is 144 g/mol. The number of hydrogen-bond donors (Lipinski definition) is 0. The largest absolute Gasteiger partial charge is 0.0912 e. The molecule has 0 heteroatoms. The van der Waals surface area contributed by atoms with Crippen LogP contribution in [0.25, 0.3) is 0 Å². The van der Waals surface area contributed by atoms with E-state index in [2.05, 4.69) is 25.3 Å². The van der Waals surface area contributed by atoms with Crippen LogP contribution in [0, 0.1) is 0 Å². The van der Waals surface area contributed by atoms with E-state index in [0.717, 1.165) is 17.6 Å². The first kappa shape index (κ1) is 7.80. The Balaban J connectivity index is 2.83. The van der Waals surface area contributed by atoms with Gasteiger partial charge in [0.1, 0.15) is 0 Å². The van der Waals surface area contributed by atoms with Crippen molar-refractivity contribution in [2.75, 3.05) is 0 Å². The summed E-state index contributed by atoms with van der Waals surface area (Å²) >= 11 is 0. The topological polar surface area (TPSA) is 0 Å². The van der Waals surface area contributed by atoms with Crippen molar-refractivity contribution in [1.29, 1.82) is 0 Å². The van der Waals surface area contributed by atoms with Gasteiger partial charge in [-0.3, -0.25) is 0 Å². The zero-order valence-electron chi connectivity index (χ0n) is 6.59. The highest BCUT2D eigenvalue weighted by atomic mass is 14.0. The Bertz CT molecular complexity index is 249. The van der Waals surface area contributed by atoms with Gasteiger partial charge in [-0.15, -0.1) is 0 Å². The van der Waals surface area contributed by atoms with Gasteiger partial charge >= 0.3 is 0 Å². The van der Waals surface area contributed by atoms with Crippen molar-refractivity contribution in [3.8, 4) is 0 Å². The van der Waals surface area contributed by atoms with E-state index < -0.39 is 0 Å². The molecule has 0 aromatic rings. The van der Waals surface area contributed by atoms with Crippen LogP contribution < -0.4 is 0 Å². The Morgan fingerprint density at radius 3 is 2.45 bits per heavy atom. The molecule has 0 saturated heterocycles. The van der Waals surface area contributed by atoms with Crippen LogP contribution in [0.1, 0.15) is 6.42 Å². The van der Waals surface area contributed by atoms with Crippen molar-refractivity contribution >= 4 is 0 Å². The molecule has 0 fully saturated rings. The van der Waals surface area contributed by atoms with E-state index in [1.54, 1.807) is 0 Å². The van der Waals surface area contributed by atoms with E-state index in [1.807, 2.05) is 24.3 Å². The maximum Gasteiger partial charge on any atom is -0.0163 e. The van der Waals surface area contributed by atoms with Gasteiger partial charge in [0.15, 0.2) is 0 Å². The van der Waals surface area contributed by atoms with Crippen LogP contribution in [-0.4, -0.2) is 0 Å². The van der Waals surface area contributed by atoms with E-state index in [1.165, 1.54) is 0 Å². The summed E-state index contributed by atoms with van der Waals surface area (Å²) in [5.41, 5.74) is 1.97. The van der Waals surface area contributed by atoms with E-state index in [9.17, 15) is 0 Å². The van der Waals surface area contributed by atoms with Crippen molar-refractivity contribution in [2.24, 2.45) is 0 Å². The van der Waals surface area contributed by atoms with Crippen molar-refractivity contribution < 1.29 is 0 Å². The molecule has 0 N–H and O–H groups in total. The van der Waals surface area contributed by atoms with Crippen LogP contribution in [-0.2, 0) is 0 Å². The van der Waals surface area contributed by atoms with Gasteiger partial charge in [0, 0.05) is 0 Å². The SMILES string of the molecule is C=C1/C=C\C=C/C/C=C\C1=C. The lowest BCUT2D eigenvalue weighted by molar-refractivity contribution is 1.39. The van der Waals surface area contributed by atoms with Gasteiger partial charge in [-0.2, -0.15) is 0 Å². The Kier molecular flexibility index (Phi) is 2.67. The molecule has 0 heterocycles. The second-order valence-corrected chi connectivity index (χ2v) is 2.48. The summed E-state index contributed by atoms with van der Waals surface area (Å²) in [6.07, 6.45) is 13.1. The van der Waals surface area contributed by atoms with Crippen molar-refractivity contribution in [1.82, 2.24) is 0 Å². The van der Waals surface area contributed by atoms with Gasteiger partial charge in [0.05, 0.1) is 0 Å². The van der Waals surface area contributed by atoms with E-state index >= 15 is 0 Å². The minimum absolute atomic E-state index is 0.969. The first-order valence-corrected chi connectivity index (χ1v) is 3.68. The molecule has 1 rings (SSSR count). The molecule has 0 spiro atoms. The Morgan fingerprint density at radius 2 is 1.64 bits per heavy atom. The summed E-state index contributed by atoms with van der Waals surface area (Å²) in [7, 11) is 0. The molecule has 0 saturated carbocycles. The lowest BCUT2D eigenvalue weighted by atomic mass is 10.1. The standard InChI is InChI=1S/C11H12/c1-10-8-6-4-3-5-7-9-11(10)2/h3-4,6-9H,1-2,5H2/b4-3-,8-6-,9-7-. The third-order valence-corrected chi connectivity index (χ3v) is 1.55. The Hall–Kier alpha value is -1.30. The van der Waals surface area contributed by atoms with Crippen LogP contribution in [0.15, 0.2) is 60.8 Å². The van der Waals surface area contributed by atoms with Crippen LogP contribution >= 0.6 is 0 Å². The lowest BCUT2D eigenvalue weighted by Crippen LogP contribution is -1.75. The molecule has 0 bridgehead atoms. The van der Waals surface area contributed by atoms with E-state index in [0.29, 0.717) is 0 Å². The Morgan fingerprint density at radius 1 is 0.909 bits per heavy atom. The zero-order chi connectivity index (χ0) is 8.10. The van der Waals surface area contributed by atoms with E-state index in [-0.39, 0.29) is 0 Å². The minimum atomic E-state index is 0.969. The quantitative estimate of drug-likeness (QED) is 0.490. The van der Waals surface area contributed by atoms with E-state index in [4.69, 9.17) is 0 Å². The van der Waals surface area contributed by atoms with Crippen molar-refractivity contribution in [2.45, 2.75) is 6.42 Å². The molecule has 0 amide bonds. The zero-order valence-corrected chi connectivity index (χ0v) is 6.59. The first-order valence-electron chi connectivity index (χ1n) is 3.68. The predicted molar refractivity (Wildman–Crippen MR) is 50.3 cm³/mol. The van der Waals surface area contributed by atoms with Crippen molar-refractivity contribution in [3.63, 3.8) is 0 Å². The molecule has 0 unspecified atom stereocenters. The summed E-state index contributed by atoms with van der Waals surface area (Å²) in [5, 5.41) is 0. The number of allylic oxidation sites excluding steroid dienone is 8. The molecular weight excluding hydrogens is 132 g/mol. The van der Waals surface area contributed by atoms with Gasteiger partial charge in [0.2, 0.25) is 0 Å². The third kappa shape index (κ3) is 2.42. The van der Waals surface area contributed by atoms with Gasteiger partial charge in [0.25, 0.3) is 0 Å². The molecule has 1 aliphatic rings. The predicted octanol–water partition coefficient (Wildman–Crippen LogP) is 3.17. The fourth-order valence-electron chi connectivity index (χ4n) is 0.832. The van der Waals surface area contributed by atoms with Crippen molar-refractivity contribution in [3.05, 3.63) is 60.8 Å². The third-order valence-electron chi connectivity index (χ3n) is 1.55. The van der Waals surface area contributed by atoms with Crippen LogP contribution in [0.3, 0.4) is 0 Å². The molecule has 0 atom stereocenters. The maximum atomic E-state index is 3.87. The second-order valence-electron chi connectivity index (χ2n) is 2.48. The fraction of sp³-hybridized carbons (Fsp3) is 0.0909. The van der Waals surface area contributed by atoms with Gasteiger partial charge < -0.3 is 0 Å². The molecule has 0 nitrogen and oxygen atoms in total. The fourth-order valence-corrected chi connectivity index (χ4v) is 0.832. The average Bonchev–Trinajstić information content (AvgIpc) is 2.07. The lowest BCUT2D eigenvalue weighted by Gasteiger charge is -1.95. The highest BCUT2D eigenvalue weighted by molar-refractivity contribution is 5.43. The number of hydrogen-bond acceptors (Lipinski definition) is 0. The van der Waals surface area contributed by atoms with Crippen LogP contribution in [0.2, 0.25) is 0 Å². The highest BCUT2D eigenvalue weighted by Crippen LogP contribution is 2.10. The molecule has 11 heavy (non-hydrogen) atoms. The minimum Gasteiger partial charge on any atom is -0.0912 e. The van der Waals surface area contributed by atoms with Gasteiger partial charge in [-0.25, -0.2) is 0 Å². The normalized spacial score (nSPS) is 26.5. The molecular formula is C11H12. The van der Waals surface area contributed by atoms with Gasteiger partial charge in [-0.05, 0) is 17.6 Å². The summed E-state index contributed by atoms with van der Waals surface area (Å²) in [6.45, 7) is 7.74. The molecule has 56 valence electrons. The monoisotopic (exact) mass is 144 g/mol. The molecule has 0 aliphatic heterocycles. The molecule has 0 aromatic heterocycles. The molecule has 0 radical (unpaired) electrons. The summed E-state index contributed by atoms with van der Waals surface area (Å²) in [6, 6.07) is 0. The maximum absolute atomic E-state index is 3.87. The first-order chi connectivity index (χ1) is 5.30. The second kappa shape index (κ2) is 3.77.